The summed E-state index contributed by atoms with van der Waals surface area (Å²) < 4.78 is 39.5. The highest BCUT2D eigenvalue weighted by atomic mass is 32.2. The summed E-state index contributed by atoms with van der Waals surface area (Å²) in [5.74, 6) is -0.741. The van der Waals surface area contributed by atoms with Crippen molar-refractivity contribution in [1.82, 2.24) is 10.0 Å². The van der Waals surface area contributed by atoms with Crippen LogP contribution in [0.4, 0.5) is 10.1 Å². The van der Waals surface area contributed by atoms with Gasteiger partial charge >= 0.3 is 0 Å². The molecule has 0 fully saturated rings. The Kier molecular flexibility index (Phi) is 5.76. The molecule has 6 nitrogen and oxygen atoms in total. The van der Waals surface area contributed by atoms with Gasteiger partial charge in [-0.25, -0.2) is 17.5 Å². The van der Waals surface area contributed by atoms with Crippen molar-refractivity contribution in [2.75, 3.05) is 12.3 Å². The van der Waals surface area contributed by atoms with Crippen LogP contribution in [0.1, 0.15) is 36.4 Å². The third-order valence-corrected chi connectivity index (χ3v) is 6.06. The number of nitrogen functional groups attached to an aromatic ring is 1. The van der Waals surface area contributed by atoms with E-state index in [2.05, 4.69) is 10.0 Å². The van der Waals surface area contributed by atoms with Crippen LogP contribution in [0.25, 0.3) is 0 Å². The van der Waals surface area contributed by atoms with E-state index in [1.165, 1.54) is 12.1 Å². The Morgan fingerprint density at radius 2 is 1.93 bits per heavy atom. The van der Waals surface area contributed by atoms with Crippen LogP contribution in [0.5, 0.6) is 0 Å². The van der Waals surface area contributed by atoms with E-state index in [0.29, 0.717) is 5.69 Å². The largest absolute Gasteiger partial charge is 0.399 e. The Balaban J connectivity index is 1.54. The third kappa shape index (κ3) is 4.84. The lowest BCUT2D eigenvalue weighted by Crippen LogP contribution is -2.34. The smallest absolute Gasteiger partial charge is 0.240 e. The Morgan fingerprint density at radius 1 is 1.19 bits per heavy atom. The monoisotopic (exact) mass is 391 g/mol. The van der Waals surface area contributed by atoms with Gasteiger partial charge in [0.05, 0.1) is 10.9 Å². The topological polar surface area (TPSA) is 101 Å². The van der Waals surface area contributed by atoms with Crippen molar-refractivity contribution < 1.29 is 17.6 Å². The first kappa shape index (κ1) is 19.3. The zero-order chi connectivity index (χ0) is 19.4. The average Bonchev–Trinajstić information content (AvgIpc) is 2.62. The summed E-state index contributed by atoms with van der Waals surface area (Å²) in [4.78, 5) is 12.2. The first-order valence-corrected chi connectivity index (χ1v) is 10.3. The second-order valence-corrected chi connectivity index (χ2v) is 8.34. The van der Waals surface area contributed by atoms with Crippen molar-refractivity contribution in [3.05, 3.63) is 59.4 Å². The van der Waals surface area contributed by atoms with Gasteiger partial charge in [-0.05, 0) is 66.8 Å². The number of carbonyl (C=O) groups excluding carboxylic acids is 1. The number of hydrogen-bond acceptors (Lipinski definition) is 4. The van der Waals surface area contributed by atoms with Gasteiger partial charge in [0, 0.05) is 18.7 Å². The van der Waals surface area contributed by atoms with Gasteiger partial charge in [0.15, 0.2) is 0 Å². The molecular formula is C19H22FN3O3S. The van der Waals surface area contributed by atoms with Crippen LogP contribution < -0.4 is 15.8 Å². The SMILES string of the molecule is Nc1ccc2c(c1)CCCC2NC(=O)CCNS(=O)(=O)c1ccc(F)cc1. The number of halogens is 1. The first-order valence-electron chi connectivity index (χ1n) is 8.78. The van der Waals surface area contributed by atoms with Gasteiger partial charge in [0.2, 0.25) is 15.9 Å². The van der Waals surface area contributed by atoms with Gasteiger partial charge < -0.3 is 11.1 Å². The van der Waals surface area contributed by atoms with E-state index in [1.54, 1.807) is 0 Å². The second-order valence-electron chi connectivity index (χ2n) is 6.57. The highest BCUT2D eigenvalue weighted by Gasteiger charge is 2.22. The molecule has 0 aromatic heterocycles. The first-order chi connectivity index (χ1) is 12.8. The Bertz CT molecular complexity index is 930. The molecule has 0 radical (unpaired) electrons. The molecule has 1 unspecified atom stereocenters. The number of fused-ring (bicyclic) bond motifs is 1. The number of aryl methyl sites for hydroxylation is 1. The fraction of sp³-hybridized carbons (Fsp3) is 0.316. The second kappa shape index (κ2) is 8.06. The molecular weight excluding hydrogens is 369 g/mol. The molecule has 144 valence electrons. The Hall–Kier alpha value is -2.45. The van der Waals surface area contributed by atoms with Crippen molar-refractivity contribution in [3.8, 4) is 0 Å². The van der Waals surface area contributed by atoms with Gasteiger partial charge in [0.1, 0.15) is 5.82 Å². The van der Waals surface area contributed by atoms with Gasteiger partial charge in [-0.3, -0.25) is 4.79 Å². The molecule has 0 aliphatic heterocycles. The van der Waals surface area contributed by atoms with Crippen LogP contribution in [-0.4, -0.2) is 20.9 Å². The van der Waals surface area contributed by atoms with E-state index in [9.17, 15) is 17.6 Å². The number of carbonyl (C=O) groups is 1. The average molecular weight is 391 g/mol. The normalized spacial score (nSPS) is 16.6. The Morgan fingerprint density at radius 3 is 2.67 bits per heavy atom. The maximum atomic E-state index is 12.9. The third-order valence-electron chi connectivity index (χ3n) is 4.58. The molecule has 0 saturated carbocycles. The molecule has 1 aliphatic rings. The van der Waals surface area contributed by atoms with E-state index in [4.69, 9.17) is 5.73 Å². The predicted octanol–water partition coefficient (Wildman–Crippen LogP) is 2.27. The number of rotatable bonds is 6. The highest BCUT2D eigenvalue weighted by molar-refractivity contribution is 7.89. The number of nitrogens with two attached hydrogens (primary N) is 1. The maximum Gasteiger partial charge on any atom is 0.240 e. The lowest BCUT2D eigenvalue weighted by Gasteiger charge is -2.26. The van der Waals surface area contributed by atoms with Crippen LogP contribution in [0.3, 0.4) is 0 Å². The fourth-order valence-electron chi connectivity index (χ4n) is 3.25. The minimum atomic E-state index is -3.77. The van der Waals surface area contributed by atoms with Gasteiger partial charge in [-0.15, -0.1) is 0 Å². The molecule has 8 heteroatoms. The van der Waals surface area contributed by atoms with Crippen LogP contribution in [0.2, 0.25) is 0 Å². The summed E-state index contributed by atoms with van der Waals surface area (Å²) >= 11 is 0. The summed E-state index contributed by atoms with van der Waals surface area (Å²) in [6.07, 6.45) is 2.74. The van der Waals surface area contributed by atoms with Crippen LogP contribution in [-0.2, 0) is 21.2 Å². The standard InChI is InChI=1S/C19H22FN3O3S/c20-14-4-7-16(8-5-14)27(25,26)22-11-10-19(24)23-18-3-1-2-13-12-15(21)6-9-17(13)18/h4-9,12,18,22H,1-3,10-11,21H2,(H,23,24). The number of nitrogens with one attached hydrogen (secondary N) is 2. The summed E-state index contributed by atoms with van der Waals surface area (Å²) in [5.41, 5.74) is 8.73. The van der Waals surface area contributed by atoms with E-state index >= 15 is 0 Å². The summed E-state index contributed by atoms with van der Waals surface area (Å²) in [6, 6.07) is 10.1. The minimum Gasteiger partial charge on any atom is -0.399 e. The lowest BCUT2D eigenvalue weighted by molar-refractivity contribution is -0.121. The fourth-order valence-corrected chi connectivity index (χ4v) is 4.28. The molecule has 27 heavy (non-hydrogen) atoms. The van der Waals surface area contributed by atoms with E-state index in [-0.39, 0.29) is 29.8 Å². The minimum absolute atomic E-state index is 0.0151. The highest BCUT2D eigenvalue weighted by Crippen LogP contribution is 2.30. The van der Waals surface area contributed by atoms with Crippen molar-refractivity contribution in [3.63, 3.8) is 0 Å². The number of hydrogen-bond donors (Lipinski definition) is 3. The number of sulfonamides is 1. The molecule has 0 saturated heterocycles. The molecule has 2 aromatic rings. The number of benzene rings is 2. The Labute approximate surface area is 158 Å². The molecule has 4 N–H and O–H groups in total. The molecule has 0 heterocycles. The zero-order valence-corrected chi connectivity index (χ0v) is 15.6. The van der Waals surface area contributed by atoms with Crippen LogP contribution in [0, 0.1) is 5.82 Å². The van der Waals surface area contributed by atoms with Crippen molar-refractivity contribution in [2.45, 2.75) is 36.6 Å². The molecule has 2 aromatic carbocycles. The van der Waals surface area contributed by atoms with Gasteiger partial charge in [0.25, 0.3) is 0 Å². The number of anilines is 1. The molecule has 1 atom stereocenters. The van der Waals surface area contributed by atoms with E-state index < -0.39 is 15.8 Å². The lowest BCUT2D eigenvalue weighted by atomic mass is 9.87. The number of amides is 1. The molecule has 1 amide bonds. The summed E-state index contributed by atoms with van der Waals surface area (Å²) in [5, 5.41) is 2.96. The molecule has 0 bridgehead atoms. The van der Waals surface area contributed by atoms with E-state index in [0.717, 1.165) is 42.5 Å². The van der Waals surface area contributed by atoms with Crippen LogP contribution >= 0.6 is 0 Å². The van der Waals surface area contributed by atoms with Gasteiger partial charge in [-0.2, -0.15) is 0 Å². The van der Waals surface area contributed by atoms with Gasteiger partial charge in [-0.1, -0.05) is 6.07 Å². The molecule has 3 rings (SSSR count). The van der Waals surface area contributed by atoms with E-state index in [1.807, 2.05) is 18.2 Å². The van der Waals surface area contributed by atoms with Crippen molar-refractivity contribution in [1.29, 1.82) is 0 Å². The summed E-state index contributed by atoms with van der Waals surface area (Å²) in [6.45, 7) is -0.0349. The van der Waals surface area contributed by atoms with Crippen LogP contribution in [0.15, 0.2) is 47.4 Å². The maximum absolute atomic E-state index is 12.9. The molecule has 1 aliphatic carbocycles. The summed E-state index contributed by atoms with van der Waals surface area (Å²) in [7, 11) is -3.77. The molecule has 0 spiro atoms. The van der Waals surface area contributed by atoms with Crippen molar-refractivity contribution in [2.24, 2.45) is 0 Å². The quantitative estimate of drug-likeness (QED) is 0.658. The van der Waals surface area contributed by atoms with Crippen molar-refractivity contribution >= 4 is 21.6 Å². The zero-order valence-electron chi connectivity index (χ0n) is 14.7. The predicted molar refractivity (Wildman–Crippen MR) is 101 cm³/mol.